The number of unbranched alkanes of at least 4 members (excludes halogenated alkanes) is 15. The van der Waals surface area contributed by atoms with Gasteiger partial charge in [-0.25, -0.2) is 8.42 Å². The van der Waals surface area contributed by atoms with Gasteiger partial charge in [-0.2, -0.15) is 16.8 Å². The first-order chi connectivity index (χ1) is 20.2. The molecule has 12 heteroatoms. The largest absolute Gasteiger partial charge is 0.494 e. The van der Waals surface area contributed by atoms with Gasteiger partial charge < -0.3 is 4.74 Å². The fraction of sp³-hybridized carbons (Fsp3) is 0.806. The Morgan fingerprint density at radius 1 is 0.605 bits per heavy atom. The summed E-state index contributed by atoms with van der Waals surface area (Å²) in [5.74, 6) is -1.51. The normalized spacial score (nSPS) is 12.9. The van der Waals surface area contributed by atoms with Crippen LogP contribution in [-0.4, -0.2) is 64.5 Å². The van der Waals surface area contributed by atoms with E-state index in [2.05, 4.69) is 6.92 Å². The highest BCUT2D eigenvalue weighted by Crippen LogP contribution is 2.36. The molecule has 0 fully saturated rings. The van der Waals surface area contributed by atoms with E-state index in [1.165, 1.54) is 83.5 Å². The van der Waals surface area contributed by atoms with Crippen LogP contribution in [0.1, 0.15) is 128 Å². The molecule has 0 aliphatic heterocycles. The fourth-order valence-electron chi connectivity index (χ4n) is 5.54. The van der Waals surface area contributed by atoms with E-state index in [0.717, 1.165) is 25.5 Å². The third-order valence-electron chi connectivity index (χ3n) is 7.95. The summed E-state index contributed by atoms with van der Waals surface area (Å²) in [6.45, 7) is 2.78. The van der Waals surface area contributed by atoms with Crippen molar-refractivity contribution in [2.45, 2.75) is 128 Å². The highest BCUT2D eigenvalue weighted by atomic mass is 32.2. The third-order valence-corrected chi connectivity index (χ3v) is 10.5. The maximum absolute atomic E-state index is 12.3. The summed E-state index contributed by atoms with van der Waals surface area (Å²) in [6, 6.07) is 6.45. The average molecular weight is 669 g/mol. The van der Waals surface area contributed by atoms with Crippen molar-refractivity contribution in [1.29, 1.82) is 0 Å². The van der Waals surface area contributed by atoms with E-state index in [1.54, 1.807) is 24.3 Å². The van der Waals surface area contributed by atoms with Gasteiger partial charge in [-0.15, -0.1) is 0 Å². The van der Waals surface area contributed by atoms with Gasteiger partial charge in [0.25, 0.3) is 20.2 Å². The Kier molecular flexibility index (Phi) is 19.2. The quantitative estimate of drug-likeness (QED) is 0.0734. The smallest absolute Gasteiger partial charge is 0.264 e. The molecule has 0 bridgehead atoms. The van der Waals surface area contributed by atoms with Gasteiger partial charge in [0.2, 0.25) is 0 Å². The molecule has 0 atom stereocenters. The molecule has 0 radical (unpaired) electrons. The average Bonchev–Trinajstić information content (AvgIpc) is 2.91. The molecule has 0 saturated heterocycles. The predicted octanol–water partition coefficient (Wildman–Crippen LogP) is 7.17. The molecule has 252 valence electrons. The predicted molar refractivity (Wildman–Crippen MR) is 175 cm³/mol. The Labute approximate surface area is 262 Å². The van der Waals surface area contributed by atoms with Crippen LogP contribution in [0, 0.1) is 0 Å². The minimum absolute atomic E-state index is 0.339. The van der Waals surface area contributed by atoms with Crippen molar-refractivity contribution < 1.29 is 39.1 Å². The highest BCUT2D eigenvalue weighted by Gasteiger charge is 2.38. The second-order valence-corrected chi connectivity index (χ2v) is 17.4. The Morgan fingerprint density at radius 2 is 0.977 bits per heavy atom. The monoisotopic (exact) mass is 668 g/mol. The van der Waals surface area contributed by atoms with Crippen molar-refractivity contribution >= 4 is 30.1 Å². The second-order valence-electron chi connectivity index (χ2n) is 12.1. The Bertz CT molecular complexity index is 1160. The Hall–Kier alpha value is -1.21. The number of benzene rings is 1. The zero-order valence-electron chi connectivity index (χ0n) is 26.3. The first-order valence-corrected chi connectivity index (χ1v) is 21.3. The highest BCUT2D eigenvalue weighted by molar-refractivity contribution is 7.90. The summed E-state index contributed by atoms with van der Waals surface area (Å²) in [5, 5.41) is 0. The van der Waals surface area contributed by atoms with Gasteiger partial charge in [-0.05, 0) is 37.0 Å². The van der Waals surface area contributed by atoms with Crippen LogP contribution in [0.2, 0.25) is 0 Å². The van der Waals surface area contributed by atoms with E-state index in [9.17, 15) is 34.4 Å². The van der Waals surface area contributed by atoms with Crippen molar-refractivity contribution in [3.8, 4) is 5.75 Å². The molecule has 9 nitrogen and oxygen atoms in total. The SMILES string of the molecule is CCCCCCCCCCCCCCCCCCOc1ccc(C(CCS(=O)(=O)O)(CCS(=O)(=O)O)CS(C)(=O)=O)cc1. The van der Waals surface area contributed by atoms with Gasteiger partial charge in [0.05, 0.1) is 23.9 Å². The third kappa shape index (κ3) is 21.2. The van der Waals surface area contributed by atoms with E-state index in [0.29, 0.717) is 17.9 Å². The number of hydrogen-bond acceptors (Lipinski definition) is 7. The fourth-order valence-corrected chi connectivity index (χ4v) is 8.29. The van der Waals surface area contributed by atoms with E-state index in [1.807, 2.05) is 0 Å². The molecule has 0 aliphatic rings. The molecule has 0 aromatic heterocycles. The summed E-state index contributed by atoms with van der Waals surface area (Å²) in [4.78, 5) is 0. The molecule has 43 heavy (non-hydrogen) atoms. The first kappa shape index (κ1) is 39.8. The number of ether oxygens (including phenoxy) is 1. The lowest BCUT2D eigenvalue weighted by Crippen LogP contribution is -2.38. The lowest BCUT2D eigenvalue weighted by molar-refractivity contribution is 0.304. The van der Waals surface area contributed by atoms with Crippen molar-refractivity contribution in [2.75, 3.05) is 30.1 Å². The van der Waals surface area contributed by atoms with Gasteiger partial charge in [0, 0.05) is 11.7 Å². The number of rotatable bonds is 27. The van der Waals surface area contributed by atoms with E-state index < -0.39 is 52.7 Å². The summed E-state index contributed by atoms with van der Waals surface area (Å²) in [6.07, 6.45) is 20.9. The van der Waals surface area contributed by atoms with Crippen LogP contribution in [0.3, 0.4) is 0 Å². The van der Waals surface area contributed by atoms with Crippen LogP contribution < -0.4 is 4.74 Å². The summed E-state index contributed by atoms with van der Waals surface area (Å²) >= 11 is 0. The van der Waals surface area contributed by atoms with Gasteiger partial charge in [0.1, 0.15) is 15.6 Å². The summed E-state index contributed by atoms with van der Waals surface area (Å²) in [5.41, 5.74) is -1.06. The van der Waals surface area contributed by atoms with Crippen LogP contribution >= 0.6 is 0 Å². The van der Waals surface area contributed by atoms with Crippen LogP contribution in [0.4, 0.5) is 0 Å². The summed E-state index contributed by atoms with van der Waals surface area (Å²) < 4.78 is 94.9. The molecule has 0 aliphatic carbocycles. The Balaban J connectivity index is 2.45. The second kappa shape index (κ2) is 20.7. The van der Waals surface area contributed by atoms with Gasteiger partial charge in [-0.3, -0.25) is 9.11 Å². The van der Waals surface area contributed by atoms with Crippen molar-refractivity contribution in [2.24, 2.45) is 0 Å². The standard InChI is InChI=1S/C31H56O9S3/c1-3-4-5-6-7-8-9-10-11-12-13-14-15-16-17-18-25-40-30-21-19-29(20-22-30)31(28-41(2,32)33,23-26-42(34,35)36)24-27-43(37,38)39/h19-22H,3-18,23-28H2,1-2H3,(H,34,35,36)(H,37,38,39). The lowest BCUT2D eigenvalue weighted by Gasteiger charge is -2.33. The van der Waals surface area contributed by atoms with Gasteiger partial charge >= 0.3 is 0 Å². The molecule has 1 aromatic carbocycles. The molecule has 0 amide bonds. The van der Waals surface area contributed by atoms with Crippen LogP contribution in [-0.2, 0) is 35.5 Å². The van der Waals surface area contributed by atoms with Crippen LogP contribution in [0.15, 0.2) is 24.3 Å². The van der Waals surface area contributed by atoms with E-state index in [4.69, 9.17) is 4.74 Å². The minimum Gasteiger partial charge on any atom is -0.494 e. The Morgan fingerprint density at radius 3 is 1.33 bits per heavy atom. The molecule has 0 spiro atoms. The molecule has 0 heterocycles. The van der Waals surface area contributed by atoms with Crippen LogP contribution in [0.5, 0.6) is 5.75 Å². The topological polar surface area (TPSA) is 152 Å². The lowest BCUT2D eigenvalue weighted by atomic mass is 9.77. The number of hydrogen-bond donors (Lipinski definition) is 2. The van der Waals surface area contributed by atoms with Crippen molar-refractivity contribution in [1.82, 2.24) is 0 Å². The molecule has 0 saturated carbocycles. The van der Waals surface area contributed by atoms with Gasteiger partial charge in [0.15, 0.2) is 0 Å². The maximum Gasteiger partial charge on any atom is 0.264 e. The first-order valence-electron chi connectivity index (χ1n) is 16.0. The molecule has 2 N–H and O–H groups in total. The van der Waals surface area contributed by atoms with E-state index >= 15 is 0 Å². The zero-order valence-corrected chi connectivity index (χ0v) is 28.8. The van der Waals surface area contributed by atoms with Crippen molar-refractivity contribution in [3.63, 3.8) is 0 Å². The zero-order chi connectivity index (χ0) is 32.2. The van der Waals surface area contributed by atoms with Gasteiger partial charge in [-0.1, -0.05) is 115 Å². The number of sulfone groups is 1. The summed E-state index contributed by atoms with van der Waals surface area (Å²) in [7, 11) is -12.6. The molecular formula is C31H56O9S3. The maximum atomic E-state index is 12.3. The van der Waals surface area contributed by atoms with Crippen LogP contribution in [0.25, 0.3) is 0 Å². The van der Waals surface area contributed by atoms with E-state index in [-0.39, 0.29) is 12.8 Å². The molecule has 0 unspecified atom stereocenters. The molecule has 1 aromatic rings. The molecule has 1 rings (SSSR count). The minimum atomic E-state index is -4.45. The molecular weight excluding hydrogens is 613 g/mol. The van der Waals surface area contributed by atoms with Crippen molar-refractivity contribution in [3.05, 3.63) is 29.8 Å².